The molecule has 1 atom stereocenters. The number of fused-ring (bicyclic) bond motifs is 1. The monoisotopic (exact) mass is 402 g/mol. The number of halogens is 1. The third-order valence-electron chi connectivity index (χ3n) is 3.89. The Morgan fingerprint density at radius 3 is 2.87 bits per heavy atom. The van der Waals surface area contributed by atoms with Crippen molar-refractivity contribution in [2.75, 3.05) is 30.9 Å². The fraction of sp³-hybridized carbons (Fsp3) is 0.571. The summed E-state index contributed by atoms with van der Waals surface area (Å²) in [5.41, 5.74) is 2.14. The maximum Gasteiger partial charge on any atom is 0.154 e. The molecule has 0 aromatic carbocycles. The second-order valence-corrected chi connectivity index (χ2v) is 8.83. The van der Waals surface area contributed by atoms with Gasteiger partial charge in [0, 0.05) is 19.8 Å². The molecule has 126 valence electrons. The molecule has 3 heterocycles. The van der Waals surface area contributed by atoms with Gasteiger partial charge in [0.2, 0.25) is 0 Å². The molecule has 2 aromatic rings. The van der Waals surface area contributed by atoms with Crippen LogP contribution in [0.1, 0.15) is 12.5 Å². The average molecular weight is 403 g/mol. The lowest BCUT2D eigenvalue weighted by molar-refractivity contribution is 0.0985. The summed E-state index contributed by atoms with van der Waals surface area (Å²) in [6, 6.07) is 2.05. The van der Waals surface area contributed by atoms with Crippen LogP contribution in [0.5, 0.6) is 0 Å². The molecule has 0 spiro atoms. The molecule has 0 saturated carbocycles. The number of aryl methyl sites for hydroxylation is 1. The molecule has 1 aliphatic rings. The number of sulfone groups is 1. The van der Waals surface area contributed by atoms with Crippen LogP contribution in [-0.2, 0) is 27.4 Å². The van der Waals surface area contributed by atoms with Crippen molar-refractivity contribution in [1.82, 2.24) is 14.8 Å². The van der Waals surface area contributed by atoms with Crippen molar-refractivity contribution in [3.63, 3.8) is 0 Å². The zero-order chi connectivity index (χ0) is 16.8. The van der Waals surface area contributed by atoms with Crippen molar-refractivity contribution < 1.29 is 13.2 Å². The molecule has 0 amide bonds. The molecular formula is C14H19BrN4O3S. The molecule has 0 aliphatic carbocycles. The standard InChI is InChI=1S/C14H19BrN4O3S/c1-9-7-22-5-4-19(9)11-6-10(8-23(3,20)21)13-12(16-11)14(15)17-18(13)2/h6,9H,4-5,7-8H2,1-3H3/t9-/m1/s1. The maximum absolute atomic E-state index is 11.8. The van der Waals surface area contributed by atoms with Gasteiger partial charge in [-0.05, 0) is 34.5 Å². The fourth-order valence-electron chi connectivity index (χ4n) is 2.92. The summed E-state index contributed by atoms with van der Waals surface area (Å²) in [5.74, 6) is 0.727. The average Bonchev–Trinajstić information content (AvgIpc) is 2.73. The van der Waals surface area contributed by atoms with Gasteiger partial charge in [-0.1, -0.05) is 0 Å². The number of pyridine rings is 1. The maximum atomic E-state index is 11.8. The molecule has 9 heteroatoms. The minimum Gasteiger partial charge on any atom is -0.377 e. The van der Waals surface area contributed by atoms with Crippen LogP contribution in [0, 0.1) is 0 Å². The summed E-state index contributed by atoms with van der Waals surface area (Å²) >= 11 is 3.42. The third-order valence-corrected chi connectivity index (χ3v) is 5.26. The van der Waals surface area contributed by atoms with Gasteiger partial charge in [0.25, 0.3) is 0 Å². The van der Waals surface area contributed by atoms with Crippen molar-refractivity contribution in [3.05, 3.63) is 16.2 Å². The summed E-state index contributed by atoms with van der Waals surface area (Å²) in [6.45, 7) is 4.07. The van der Waals surface area contributed by atoms with Crippen LogP contribution in [0.15, 0.2) is 10.7 Å². The minimum absolute atomic E-state index is 0.0380. The molecule has 1 fully saturated rings. The first-order valence-corrected chi connectivity index (χ1v) is 10.2. The lowest BCUT2D eigenvalue weighted by atomic mass is 10.2. The second-order valence-electron chi connectivity index (χ2n) is 5.94. The molecule has 7 nitrogen and oxygen atoms in total. The van der Waals surface area contributed by atoms with Crippen molar-refractivity contribution in [1.29, 1.82) is 0 Å². The van der Waals surface area contributed by atoms with Gasteiger partial charge >= 0.3 is 0 Å². The van der Waals surface area contributed by atoms with Crippen LogP contribution >= 0.6 is 15.9 Å². The van der Waals surface area contributed by atoms with Crippen LogP contribution in [0.3, 0.4) is 0 Å². The Labute approximate surface area is 143 Å². The zero-order valence-corrected chi connectivity index (χ0v) is 15.7. The number of nitrogens with zero attached hydrogens (tertiary/aromatic N) is 4. The summed E-state index contributed by atoms with van der Waals surface area (Å²) in [4.78, 5) is 6.85. The van der Waals surface area contributed by atoms with E-state index in [1.165, 1.54) is 6.26 Å². The van der Waals surface area contributed by atoms with Gasteiger partial charge in [0.15, 0.2) is 14.4 Å². The van der Waals surface area contributed by atoms with E-state index in [1.54, 1.807) is 11.7 Å². The number of aromatic nitrogens is 3. The van der Waals surface area contributed by atoms with E-state index in [1.807, 2.05) is 6.07 Å². The van der Waals surface area contributed by atoms with E-state index in [2.05, 4.69) is 32.9 Å². The molecule has 0 bridgehead atoms. The normalized spacial score (nSPS) is 19.5. The molecule has 3 rings (SSSR count). The molecule has 1 saturated heterocycles. The Morgan fingerprint density at radius 1 is 1.48 bits per heavy atom. The highest BCUT2D eigenvalue weighted by Gasteiger charge is 2.24. The number of ether oxygens (including phenoxy) is 1. The summed E-state index contributed by atoms with van der Waals surface area (Å²) in [5, 5.41) is 4.32. The van der Waals surface area contributed by atoms with Gasteiger partial charge in [-0.15, -0.1) is 0 Å². The Bertz CT molecular complexity index is 849. The number of rotatable bonds is 3. The summed E-state index contributed by atoms with van der Waals surface area (Å²) in [6.07, 6.45) is 1.24. The first kappa shape index (κ1) is 16.7. The van der Waals surface area contributed by atoms with Crippen LogP contribution < -0.4 is 4.90 Å². The Balaban J connectivity index is 2.18. The van der Waals surface area contributed by atoms with Crippen LogP contribution in [0.2, 0.25) is 0 Å². The molecule has 23 heavy (non-hydrogen) atoms. The molecule has 0 radical (unpaired) electrons. The van der Waals surface area contributed by atoms with E-state index in [4.69, 9.17) is 9.72 Å². The van der Waals surface area contributed by atoms with Gasteiger partial charge in [-0.2, -0.15) is 5.10 Å². The number of hydrogen-bond donors (Lipinski definition) is 0. The first-order valence-electron chi connectivity index (χ1n) is 7.30. The van der Waals surface area contributed by atoms with Crippen LogP contribution in [0.25, 0.3) is 11.0 Å². The second kappa shape index (κ2) is 6.03. The quantitative estimate of drug-likeness (QED) is 0.773. The van der Waals surface area contributed by atoms with Gasteiger partial charge in [0.1, 0.15) is 11.3 Å². The zero-order valence-electron chi connectivity index (χ0n) is 13.3. The highest BCUT2D eigenvalue weighted by molar-refractivity contribution is 9.10. The predicted octanol–water partition coefficient (Wildman–Crippen LogP) is 1.50. The highest BCUT2D eigenvalue weighted by atomic mass is 79.9. The Morgan fingerprint density at radius 2 is 2.22 bits per heavy atom. The van der Waals surface area contributed by atoms with Gasteiger partial charge in [-0.3, -0.25) is 4.68 Å². The lowest BCUT2D eigenvalue weighted by Crippen LogP contribution is -2.44. The number of morpholine rings is 1. The Kier molecular flexibility index (Phi) is 4.37. The molecule has 2 aromatic heterocycles. The van der Waals surface area contributed by atoms with E-state index in [0.29, 0.717) is 28.9 Å². The van der Waals surface area contributed by atoms with E-state index in [-0.39, 0.29) is 11.8 Å². The SMILES string of the molecule is C[C@@H]1COCCN1c1cc(CS(C)(=O)=O)c2c(n1)c(Br)nn2C. The number of hydrogen-bond acceptors (Lipinski definition) is 6. The van der Waals surface area contributed by atoms with E-state index < -0.39 is 9.84 Å². The number of anilines is 1. The largest absolute Gasteiger partial charge is 0.377 e. The third kappa shape index (κ3) is 3.36. The van der Waals surface area contributed by atoms with Crippen LogP contribution in [-0.4, -0.2) is 55.2 Å². The highest BCUT2D eigenvalue weighted by Crippen LogP contribution is 2.30. The minimum atomic E-state index is -3.16. The van der Waals surface area contributed by atoms with E-state index in [0.717, 1.165) is 17.9 Å². The van der Waals surface area contributed by atoms with E-state index in [9.17, 15) is 8.42 Å². The topological polar surface area (TPSA) is 77.3 Å². The van der Waals surface area contributed by atoms with Crippen LogP contribution in [0.4, 0.5) is 5.82 Å². The van der Waals surface area contributed by atoms with Gasteiger partial charge < -0.3 is 9.64 Å². The van der Waals surface area contributed by atoms with Gasteiger partial charge in [0.05, 0.1) is 30.5 Å². The Hall–Kier alpha value is -1.19. The lowest BCUT2D eigenvalue weighted by Gasteiger charge is -2.34. The van der Waals surface area contributed by atoms with Gasteiger partial charge in [-0.25, -0.2) is 13.4 Å². The molecule has 1 aliphatic heterocycles. The smallest absolute Gasteiger partial charge is 0.154 e. The first-order chi connectivity index (χ1) is 10.8. The molecule has 0 unspecified atom stereocenters. The van der Waals surface area contributed by atoms with Crippen molar-refractivity contribution in [2.24, 2.45) is 7.05 Å². The fourth-order valence-corrected chi connectivity index (χ4v) is 4.22. The predicted molar refractivity (Wildman–Crippen MR) is 92.4 cm³/mol. The van der Waals surface area contributed by atoms with E-state index >= 15 is 0 Å². The molecular weight excluding hydrogens is 384 g/mol. The van der Waals surface area contributed by atoms with Crippen molar-refractivity contribution in [3.8, 4) is 0 Å². The summed E-state index contributed by atoms with van der Waals surface area (Å²) in [7, 11) is -1.38. The van der Waals surface area contributed by atoms with Crippen molar-refractivity contribution >= 4 is 42.6 Å². The molecule has 0 N–H and O–H groups in total. The summed E-state index contributed by atoms with van der Waals surface area (Å²) < 4.78 is 31.4. The van der Waals surface area contributed by atoms with Crippen molar-refractivity contribution in [2.45, 2.75) is 18.7 Å².